The van der Waals surface area contributed by atoms with Crippen LogP contribution in [0.15, 0.2) is 12.2 Å². The van der Waals surface area contributed by atoms with Gasteiger partial charge in [-0.1, -0.05) is 6.58 Å². The first-order chi connectivity index (χ1) is 8.06. The molecular formula is C11H12O6. The van der Waals surface area contributed by atoms with E-state index in [9.17, 15) is 9.59 Å². The fraction of sp³-hybridized carbons (Fsp3) is 0.636. The first-order valence-electron chi connectivity index (χ1n) is 5.45. The van der Waals surface area contributed by atoms with Gasteiger partial charge in [0.1, 0.15) is 18.3 Å². The molecule has 0 spiro atoms. The summed E-state index contributed by atoms with van der Waals surface area (Å²) in [6.45, 7) is 5.09. The van der Waals surface area contributed by atoms with Crippen molar-refractivity contribution >= 4 is 12.1 Å². The molecule has 0 radical (unpaired) electrons. The van der Waals surface area contributed by atoms with Crippen molar-refractivity contribution in [2.24, 2.45) is 0 Å². The predicted octanol–water partition coefficient (Wildman–Crippen LogP) is 0.549. The van der Waals surface area contributed by atoms with Crippen LogP contribution in [0.4, 0.5) is 4.79 Å². The molecule has 0 saturated carbocycles. The van der Waals surface area contributed by atoms with Crippen LogP contribution in [-0.4, -0.2) is 42.6 Å². The first-order valence-corrected chi connectivity index (χ1v) is 5.45. The third kappa shape index (κ3) is 1.51. The summed E-state index contributed by atoms with van der Waals surface area (Å²) in [4.78, 5) is 22.4. The third-order valence-corrected chi connectivity index (χ3v) is 3.25. The van der Waals surface area contributed by atoms with Crippen molar-refractivity contribution in [1.29, 1.82) is 0 Å². The molecule has 3 aliphatic rings. The van der Waals surface area contributed by atoms with Crippen molar-refractivity contribution in [3.05, 3.63) is 12.2 Å². The summed E-state index contributed by atoms with van der Waals surface area (Å²) >= 11 is 0. The van der Waals surface area contributed by atoms with Gasteiger partial charge in [0.15, 0.2) is 12.2 Å². The molecular weight excluding hydrogens is 228 g/mol. The highest BCUT2D eigenvalue weighted by molar-refractivity contribution is 5.87. The maximum absolute atomic E-state index is 11.4. The van der Waals surface area contributed by atoms with E-state index in [1.165, 1.54) is 0 Å². The highest BCUT2D eigenvalue weighted by Crippen LogP contribution is 2.43. The lowest BCUT2D eigenvalue weighted by molar-refractivity contribution is -0.148. The van der Waals surface area contributed by atoms with Crippen LogP contribution in [0.5, 0.6) is 0 Å². The quantitative estimate of drug-likeness (QED) is 0.518. The Hall–Kier alpha value is -1.56. The summed E-state index contributed by atoms with van der Waals surface area (Å²) in [5.41, 5.74) is 0.337. The monoisotopic (exact) mass is 240 g/mol. The molecule has 0 aromatic heterocycles. The van der Waals surface area contributed by atoms with E-state index < -0.39 is 24.3 Å². The van der Waals surface area contributed by atoms with Gasteiger partial charge in [0.05, 0.1) is 0 Å². The average Bonchev–Trinajstić information content (AvgIpc) is 2.87. The summed E-state index contributed by atoms with van der Waals surface area (Å²) in [6.07, 6.45) is -2.00. The molecule has 0 N–H and O–H groups in total. The van der Waals surface area contributed by atoms with E-state index in [0.717, 1.165) is 0 Å². The van der Waals surface area contributed by atoms with Gasteiger partial charge in [-0.25, -0.2) is 9.59 Å². The fourth-order valence-corrected chi connectivity index (χ4v) is 2.49. The second-order valence-corrected chi connectivity index (χ2v) is 4.51. The average molecular weight is 240 g/mol. The molecule has 0 amide bonds. The lowest BCUT2D eigenvalue weighted by atomic mass is 9.92. The van der Waals surface area contributed by atoms with Crippen LogP contribution in [0.2, 0.25) is 0 Å². The number of carbonyl (C=O) groups is 2. The summed E-state index contributed by atoms with van der Waals surface area (Å²) in [7, 11) is 0. The molecule has 0 aromatic rings. The van der Waals surface area contributed by atoms with Crippen molar-refractivity contribution in [2.75, 3.05) is 0 Å². The van der Waals surface area contributed by atoms with Crippen LogP contribution < -0.4 is 0 Å². The summed E-state index contributed by atoms with van der Waals surface area (Å²) in [6, 6.07) is 0. The van der Waals surface area contributed by atoms with Crippen LogP contribution in [0, 0.1) is 0 Å². The molecule has 6 nitrogen and oxygen atoms in total. The predicted molar refractivity (Wildman–Crippen MR) is 53.1 cm³/mol. The Bertz CT molecular complexity index is 403. The molecule has 5 atom stereocenters. The SMILES string of the molecule is C=C(C)C(=O)OC1CC2OC1C1OC(=O)OC21. The zero-order valence-corrected chi connectivity index (χ0v) is 9.25. The lowest BCUT2D eigenvalue weighted by Gasteiger charge is -2.24. The number of rotatable bonds is 2. The highest BCUT2D eigenvalue weighted by atomic mass is 16.8. The van der Waals surface area contributed by atoms with Crippen LogP contribution >= 0.6 is 0 Å². The van der Waals surface area contributed by atoms with Crippen LogP contribution in [0.25, 0.3) is 0 Å². The van der Waals surface area contributed by atoms with Gasteiger partial charge in [-0.05, 0) is 6.92 Å². The van der Waals surface area contributed by atoms with Gasteiger partial charge in [-0.2, -0.15) is 0 Å². The molecule has 0 aromatic carbocycles. The van der Waals surface area contributed by atoms with Gasteiger partial charge in [-0.15, -0.1) is 0 Å². The van der Waals surface area contributed by atoms with E-state index in [2.05, 4.69) is 6.58 Å². The second-order valence-electron chi connectivity index (χ2n) is 4.51. The van der Waals surface area contributed by atoms with Gasteiger partial charge < -0.3 is 18.9 Å². The standard InChI is InChI=1S/C11H12O6/c1-4(2)10(12)15-6-3-5-8-9(7(6)14-5)17-11(13)16-8/h5-9H,1,3H2,2H3. The Morgan fingerprint density at radius 3 is 2.76 bits per heavy atom. The van der Waals surface area contributed by atoms with E-state index in [1.54, 1.807) is 6.92 Å². The topological polar surface area (TPSA) is 71.1 Å². The molecule has 6 heteroatoms. The minimum absolute atomic E-state index is 0.237. The number of fused-ring (bicyclic) bond motifs is 5. The van der Waals surface area contributed by atoms with Gasteiger partial charge in [0.2, 0.25) is 0 Å². The van der Waals surface area contributed by atoms with Crippen molar-refractivity contribution in [2.45, 2.75) is 43.9 Å². The van der Waals surface area contributed by atoms with Crippen LogP contribution in [0.1, 0.15) is 13.3 Å². The minimum atomic E-state index is -0.676. The molecule has 3 aliphatic heterocycles. The number of carbonyl (C=O) groups excluding carboxylic acids is 2. The minimum Gasteiger partial charge on any atom is -0.456 e. The van der Waals surface area contributed by atoms with Crippen molar-refractivity contribution in [1.82, 2.24) is 0 Å². The largest absolute Gasteiger partial charge is 0.509 e. The summed E-state index contributed by atoms with van der Waals surface area (Å²) < 4.78 is 20.8. The maximum atomic E-state index is 11.4. The molecule has 3 heterocycles. The normalized spacial score (nSPS) is 41.7. The highest BCUT2D eigenvalue weighted by Gasteiger charge is 2.62. The number of hydrogen-bond donors (Lipinski definition) is 0. The van der Waals surface area contributed by atoms with Gasteiger partial charge in [0, 0.05) is 12.0 Å². The second kappa shape index (κ2) is 3.46. The van der Waals surface area contributed by atoms with E-state index in [-0.39, 0.29) is 18.3 Å². The van der Waals surface area contributed by atoms with Crippen LogP contribution in [-0.2, 0) is 23.7 Å². The Morgan fingerprint density at radius 1 is 1.35 bits per heavy atom. The zero-order valence-electron chi connectivity index (χ0n) is 9.25. The molecule has 3 saturated heterocycles. The maximum Gasteiger partial charge on any atom is 0.509 e. The number of hydrogen-bond acceptors (Lipinski definition) is 6. The molecule has 17 heavy (non-hydrogen) atoms. The molecule has 0 aliphatic carbocycles. The van der Waals surface area contributed by atoms with Crippen molar-refractivity contribution in [3.8, 4) is 0 Å². The van der Waals surface area contributed by atoms with Gasteiger partial charge in [0.25, 0.3) is 0 Å². The summed E-state index contributed by atoms with van der Waals surface area (Å²) in [5.74, 6) is -0.451. The Morgan fingerprint density at radius 2 is 2.06 bits per heavy atom. The third-order valence-electron chi connectivity index (χ3n) is 3.25. The molecule has 3 fully saturated rings. The van der Waals surface area contributed by atoms with Gasteiger partial charge >= 0.3 is 12.1 Å². The van der Waals surface area contributed by atoms with E-state index >= 15 is 0 Å². The first kappa shape index (κ1) is 10.6. The van der Waals surface area contributed by atoms with Crippen LogP contribution in [0.3, 0.4) is 0 Å². The van der Waals surface area contributed by atoms with Gasteiger partial charge in [-0.3, -0.25) is 0 Å². The molecule has 92 valence electrons. The zero-order chi connectivity index (χ0) is 12.2. The van der Waals surface area contributed by atoms with E-state index in [4.69, 9.17) is 18.9 Å². The fourth-order valence-electron chi connectivity index (χ4n) is 2.49. The van der Waals surface area contributed by atoms with Crippen molar-refractivity contribution < 1.29 is 28.5 Å². The van der Waals surface area contributed by atoms with E-state index in [0.29, 0.717) is 12.0 Å². The number of ether oxygens (including phenoxy) is 4. The Balaban J connectivity index is 1.70. The molecule has 3 rings (SSSR count). The summed E-state index contributed by atoms with van der Waals surface area (Å²) in [5, 5.41) is 0. The number of esters is 1. The smallest absolute Gasteiger partial charge is 0.456 e. The Labute approximate surface area is 97.5 Å². The Kier molecular flexibility index (Phi) is 2.16. The van der Waals surface area contributed by atoms with E-state index in [1.807, 2.05) is 0 Å². The molecule has 5 unspecified atom stereocenters. The van der Waals surface area contributed by atoms with Crippen molar-refractivity contribution in [3.63, 3.8) is 0 Å². The molecule has 2 bridgehead atoms. The lowest BCUT2D eigenvalue weighted by Crippen LogP contribution is -2.44.